The zero-order chi connectivity index (χ0) is 20.3. The normalized spacial score (nSPS) is 11.1. The molecule has 0 aliphatic heterocycles. The number of hydrogen-bond donors (Lipinski definition) is 2. The Labute approximate surface area is 162 Å². The van der Waals surface area contributed by atoms with E-state index in [4.69, 9.17) is 0 Å². The van der Waals surface area contributed by atoms with E-state index in [0.717, 1.165) is 17.0 Å². The SMILES string of the molecule is Cc1ccc(C)n1-c1cc(C(=O)CN=Cc2ccc(O)cc2)ccc1C(=O)O. The minimum absolute atomic E-state index is 0.0591. The number of aromatic carboxylic acids is 1. The third-order valence-electron chi connectivity index (χ3n) is 4.43. The van der Waals surface area contributed by atoms with Gasteiger partial charge >= 0.3 is 5.97 Å². The van der Waals surface area contributed by atoms with Crippen molar-refractivity contribution in [3.05, 3.63) is 82.7 Å². The number of aliphatic imine (C=N–C) groups is 1. The van der Waals surface area contributed by atoms with Gasteiger partial charge in [0, 0.05) is 23.2 Å². The number of carbonyl (C=O) groups is 2. The van der Waals surface area contributed by atoms with Crippen LogP contribution in [-0.4, -0.2) is 39.3 Å². The highest BCUT2D eigenvalue weighted by Crippen LogP contribution is 2.22. The highest BCUT2D eigenvalue weighted by Gasteiger charge is 2.17. The summed E-state index contributed by atoms with van der Waals surface area (Å²) in [5, 5.41) is 18.8. The van der Waals surface area contributed by atoms with Crippen LogP contribution in [0.3, 0.4) is 0 Å². The molecule has 0 saturated carbocycles. The smallest absolute Gasteiger partial charge is 0.337 e. The number of carbonyl (C=O) groups excluding carboxylic acids is 1. The summed E-state index contributed by atoms with van der Waals surface area (Å²) in [6.07, 6.45) is 1.56. The zero-order valence-corrected chi connectivity index (χ0v) is 15.6. The molecule has 3 aromatic rings. The van der Waals surface area contributed by atoms with E-state index in [-0.39, 0.29) is 23.6 Å². The molecule has 28 heavy (non-hydrogen) atoms. The van der Waals surface area contributed by atoms with E-state index in [9.17, 15) is 19.8 Å². The van der Waals surface area contributed by atoms with Crippen molar-refractivity contribution in [2.75, 3.05) is 6.54 Å². The summed E-state index contributed by atoms with van der Waals surface area (Å²) in [4.78, 5) is 28.3. The standard InChI is InChI=1S/C22H20N2O4/c1-14-3-4-15(2)24(14)20-11-17(7-10-19(20)22(27)28)21(26)13-23-12-16-5-8-18(25)9-6-16/h3-12,25H,13H2,1-2H3,(H,27,28). The molecule has 0 aliphatic rings. The molecular formula is C22H20N2O4. The number of carboxylic acids is 1. The number of nitrogens with zero attached hydrogens (tertiary/aromatic N) is 2. The van der Waals surface area contributed by atoms with Crippen LogP contribution in [0.4, 0.5) is 0 Å². The summed E-state index contributed by atoms with van der Waals surface area (Å²) in [7, 11) is 0. The van der Waals surface area contributed by atoms with Crippen LogP contribution in [0.2, 0.25) is 0 Å². The maximum atomic E-state index is 12.6. The van der Waals surface area contributed by atoms with Crippen LogP contribution in [0, 0.1) is 13.8 Å². The highest BCUT2D eigenvalue weighted by atomic mass is 16.4. The van der Waals surface area contributed by atoms with Gasteiger partial charge in [-0.1, -0.05) is 6.07 Å². The molecule has 2 aromatic carbocycles. The Kier molecular flexibility index (Phi) is 5.40. The van der Waals surface area contributed by atoms with Crippen molar-refractivity contribution in [2.45, 2.75) is 13.8 Å². The molecule has 3 rings (SSSR count). The molecule has 0 bridgehead atoms. The Hall–Kier alpha value is -3.67. The van der Waals surface area contributed by atoms with Crippen LogP contribution in [0.1, 0.15) is 37.7 Å². The summed E-state index contributed by atoms with van der Waals surface area (Å²) >= 11 is 0. The average Bonchev–Trinajstić information content (AvgIpc) is 3.01. The first kappa shape index (κ1) is 19.1. The molecule has 0 unspecified atom stereocenters. The van der Waals surface area contributed by atoms with Crippen LogP contribution in [0.25, 0.3) is 5.69 Å². The second-order valence-corrected chi connectivity index (χ2v) is 6.47. The summed E-state index contributed by atoms with van der Waals surface area (Å²) < 4.78 is 1.82. The summed E-state index contributed by atoms with van der Waals surface area (Å²) in [6, 6.07) is 14.8. The Morgan fingerprint density at radius 1 is 1.00 bits per heavy atom. The molecule has 1 aromatic heterocycles. The monoisotopic (exact) mass is 376 g/mol. The zero-order valence-electron chi connectivity index (χ0n) is 15.6. The third kappa shape index (κ3) is 4.01. The lowest BCUT2D eigenvalue weighted by Gasteiger charge is -2.14. The molecule has 0 radical (unpaired) electrons. The van der Waals surface area contributed by atoms with Crippen molar-refractivity contribution >= 4 is 18.0 Å². The molecular weight excluding hydrogens is 356 g/mol. The van der Waals surface area contributed by atoms with Gasteiger partial charge in [-0.3, -0.25) is 9.79 Å². The van der Waals surface area contributed by atoms with Crippen molar-refractivity contribution in [1.82, 2.24) is 4.57 Å². The number of aryl methyl sites for hydroxylation is 2. The van der Waals surface area contributed by atoms with E-state index in [1.807, 2.05) is 30.5 Å². The fraction of sp³-hybridized carbons (Fsp3) is 0.136. The number of Topliss-reactive ketones (excluding diaryl/α,β-unsaturated/α-hetero) is 1. The fourth-order valence-corrected chi connectivity index (χ4v) is 3.01. The number of rotatable bonds is 6. The number of benzene rings is 2. The van der Waals surface area contributed by atoms with Crippen LogP contribution in [0.5, 0.6) is 5.75 Å². The summed E-state index contributed by atoms with van der Waals surface area (Å²) in [6.45, 7) is 3.71. The molecule has 0 aliphatic carbocycles. The third-order valence-corrected chi connectivity index (χ3v) is 4.43. The first-order chi connectivity index (χ1) is 13.4. The number of aromatic hydroxyl groups is 1. The molecule has 0 saturated heterocycles. The van der Waals surface area contributed by atoms with E-state index in [1.165, 1.54) is 12.1 Å². The molecule has 0 spiro atoms. The van der Waals surface area contributed by atoms with E-state index in [2.05, 4.69) is 4.99 Å². The van der Waals surface area contributed by atoms with Gasteiger partial charge in [0.1, 0.15) is 12.3 Å². The Bertz CT molecular complexity index is 1040. The number of carboxylic acid groups (broad SMARTS) is 1. The van der Waals surface area contributed by atoms with Crippen molar-refractivity contribution in [3.63, 3.8) is 0 Å². The molecule has 0 atom stereocenters. The van der Waals surface area contributed by atoms with Gasteiger partial charge in [-0.2, -0.15) is 0 Å². The van der Waals surface area contributed by atoms with E-state index in [1.54, 1.807) is 36.5 Å². The average molecular weight is 376 g/mol. The second kappa shape index (κ2) is 7.92. The van der Waals surface area contributed by atoms with Crippen LogP contribution >= 0.6 is 0 Å². The van der Waals surface area contributed by atoms with Crippen molar-refractivity contribution < 1.29 is 19.8 Å². The van der Waals surface area contributed by atoms with Gasteiger partial charge in [0.25, 0.3) is 0 Å². The van der Waals surface area contributed by atoms with E-state index in [0.29, 0.717) is 11.3 Å². The Morgan fingerprint density at radius 3 is 2.25 bits per heavy atom. The molecule has 1 heterocycles. The van der Waals surface area contributed by atoms with Gasteiger partial charge in [0.15, 0.2) is 5.78 Å². The predicted octanol–water partition coefficient (Wildman–Crippen LogP) is 3.80. The number of phenolic OH excluding ortho intramolecular Hbond substituents is 1. The first-order valence-corrected chi connectivity index (χ1v) is 8.71. The number of aromatic nitrogens is 1. The minimum Gasteiger partial charge on any atom is -0.508 e. The van der Waals surface area contributed by atoms with Gasteiger partial charge < -0.3 is 14.8 Å². The van der Waals surface area contributed by atoms with Crippen molar-refractivity contribution in [1.29, 1.82) is 0 Å². The molecule has 142 valence electrons. The molecule has 6 nitrogen and oxygen atoms in total. The van der Waals surface area contributed by atoms with Gasteiger partial charge in [0.05, 0.1) is 11.3 Å². The van der Waals surface area contributed by atoms with Gasteiger partial charge in [-0.25, -0.2) is 4.79 Å². The Balaban J connectivity index is 1.88. The number of phenols is 1. The van der Waals surface area contributed by atoms with Gasteiger partial charge in [-0.05, 0) is 67.9 Å². The molecule has 0 amide bonds. The van der Waals surface area contributed by atoms with E-state index < -0.39 is 5.97 Å². The summed E-state index contributed by atoms with van der Waals surface area (Å²) in [5.41, 5.74) is 3.53. The highest BCUT2D eigenvalue weighted by molar-refractivity contribution is 6.01. The lowest BCUT2D eigenvalue weighted by molar-refractivity contribution is 0.0696. The lowest BCUT2D eigenvalue weighted by Crippen LogP contribution is -2.11. The van der Waals surface area contributed by atoms with Crippen molar-refractivity contribution in [3.8, 4) is 11.4 Å². The summed E-state index contributed by atoms with van der Waals surface area (Å²) in [5.74, 6) is -1.10. The molecule has 6 heteroatoms. The maximum absolute atomic E-state index is 12.6. The maximum Gasteiger partial charge on any atom is 0.337 e. The largest absolute Gasteiger partial charge is 0.508 e. The molecule has 2 N–H and O–H groups in total. The van der Waals surface area contributed by atoms with Gasteiger partial charge in [0.2, 0.25) is 0 Å². The fourth-order valence-electron chi connectivity index (χ4n) is 3.01. The lowest BCUT2D eigenvalue weighted by atomic mass is 10.0. The first-order valence-electron chi connectivity index (χ1n) is 8.71. The molecule has 0 fully saturated rings. The Morgan fingerprint density at radius 2 is 1.64 bits per heavy atom. The number of ketones is 1. The second-order valence-electron chi connectivity index (χ2n) is 6.47. The predicted molar refractivity (Wildman–Crippen MR) is 107 cm³/mol. The number of hydrogen-bond acceptors (Lipinski definition) is 4. The van der Waals surface area contributed by atoms with E-state index >= 15 is 0 Å². The quantitative estimate of drug-likeness (QED) is 0.506. The van der Waals surface area contributed by atoms with Crippen LogP contribution in [0.15, 0.2) is 59.6 Å². The topological polar surface area (TPSA) is 91.9 Å². The van der Waals surface area contributed by atoms with Crippen molar-refractivity contribution in [2.24, 2.45) is 4.99 Å². The van der Waals surface area contributed by atoms with Crippen LogP contribution < -0.4 is 0 Å². The van der Waals surface area contributed by atoms with Crippen LogP contribution in [-0.2, 0) is 0 Å². The van der Waals surface area contributed by atoms with Gasteiger partial charge in [-0.15, -0.1) is 0 Å². The minimum atomic E-state index is -1.05.